The van der Waals surface area contributed by atoms with Crippen LogP contribution in [0.2, 0.25) is 0 Å². The first-order chi connectivity index (χ1) is 9.06. The summed E-state index contributed by atoms with van der Waals surface area (Å²) in [6, 6.07) is 1.38. The second-order valence-corrected chi connectivity index (χ2v) is 4.05. The summed E-state index contributed by atoms with van der Waals surface area (Å²) in [6.45, 7) is -0.137. The molecule has 8 heteroatoms. The number of pyridine rings is 1. The summed E-state index contributed by atoms with van der Waals surface area (Å²) in [7, 11) is 0. The Morgan fingerprint density at radius 2 is 2.32 bits per heavy atom. The SMILES string of the molecule is O=C(O)c1cncc(NC2=NC[C@@H](O)[C@H](F)CN2)c1. The van der Waals surface area contributed by atoms with Crippen LogP contribution in [0.3, 0.4) is 0 Å². The molecule has 0 spiro atoms. The van der Waals surface area contributed by atoms with Gasteiger partial charge in [0, 0.05) is 6.20 Å². The van der Waals surface area contributed by atoms with Gasteiger partial charge in [0.05, 0.1) is 30.5 Å². The lowest BCUT2D eigenvalue weighted by molar-refractivity contribution is 0.0696. The van der Waals surface area contributed by atoms with Crippen molar-refractivity contribution in [2.45, 2.75) is 12.3 Å². The lowest BCUT2D eigenvalue weighted by Crippen LogP contribution is -2.36. The molecular formula is C11H13FN4O3. The number of aromatic carboxylic acids is 1. The number of aliphatic hydroxyl groups is 1. The number of nitrogens with one attached hydrogen (secondary N) is 2. The molecule has 1 aromatic rings. The lowest BCUT2D eigenvalue weighted by Gasteiger charge is -2.11. The fourth-order valence-corrected chi connectivity index (χ4v) is 1.53. The van der Waals surface area contributed by atoms with Crippen molar-refractivity contribution < 1.29 is 19.4 Å². The van der Waals surface area contributed by atoms with Crippen LogP contribution < -0.4 is 10.6 Å². The molecule has 0 unspecified atom stereocenters. The van der Waals surface area contributed by atoms with Crippen LogP contribution in [0.15, 0.2) is 23.5 Å². The van der Waals surface area contributed by atoms with Crippen molar-refractivity contribution in [3.05, 3.63) is 24.0 Å². The fourth-order valence-electron chi connectivity index (χ4n) is 1.53. The summed E-state index contributed by atoms with van der Waals surface area (Å²) in [4.78, 5) is 18.5. The van der Waals surface area contributed by atoms with Gasteiger partial charge in [-0.15, -0.1) is 0 Å². The first-order valence-corrected chi connectivity index (χ1v) is 5.62. The third kappa shape index (κ3) is 3.38. The highest BCUT2D eigenvalue weighted by Gasteiger charge is 2.21. The predicted molar refractivity (Wildman–Crippen MR) is 66.0 cm³/mol. The molecule has 0 radical (unpaired) electrons. The van der Waals surface area contributed by atoms with E-state index in [1.165, 1.54) is 18.5 Å². The largest absolute Gasteiger partial charge is 0.478 e. The molecule has 0 amide bonds. The third-order valence-electron chi connectivity index (χ3n) is 2.57. The second-order valence-electron chi connectivity index (χ2n) is 4.05. The smallest absolute Gasteiger partial charge is 0.337 e. The number of halogens is 1. The van der Waals surface area contributed by atoms with E-state index in [9.17, 15) is 14.3 Å². The van der Waals surface area contributed by atoms with E-state index in [0.29, 0.717) is 5.69 Å². The Kier molecular flexibility index (Phi) is 3.91. The van der Waals surface area contributed by atoms with E-state index < -0.39 is 18.2 Å². The van der Waals surface area contributed by atoms with Gasteiger partial charge >= 0.3 is 5.97 Å². The van der Waals surface area contributed by atoms with Gasteiger partial charge in [-0.05, 0) is 6.07 Å². The van der Waals surface area contributed by atoms with Crippen LogP contribution >= 0.6 is 0 Å². The van der Waals surface area contributed by atoms with E-state index in [2.05, 4.69) is 20.6 Å². The average molecular weight is 268 g/mol. The van der Waals surface area contributed by atoms with Crippen LogP contribution in [0.1, 0.15) is 10.4 Å². The minimum Gasteiger partial charge on any atom is -0.478 e. The molecule has 0 saturated heterocycles. The molecule has 1 aromatic heterocycles. The Morgan fingerprint density at radius 3 is 3.05 bits per heavy atom. The van der Waals surface area contributed by atoms with Crippen molar-refractivity contribution in [2.24, 2.45) is 4.99 Å². The summed E-state index contributed by atoms with van der Waals surface area (Å²) in [5, 5.41) is 23.6. The van der Waals surface area contributed by atoms with E-state index in [1.807, 2.05) is 0 Å². The Balaban J connectivity index is 2.08. The summed E-state index contributed by atoms with van der Waals surface area (Å²) in [5.41, 5.74) is 0.445. The van der Waals surface area contributed by atoms with Gasteiger partial charge in [-0.2, -0.15) is 0 Å². The topological polar surface area (TPSA) is 107 Å². The van der Waals surface area contributed by atoms with Crippen molar-refractivity contribution in [1.29, 1.82) is 0 Å². The molecule has 1 aliphatic rings. The number of carboxylic acid groups (broad SMARTS) is 1. The zero-order valence-electron chi connectivity index (χ0n) is 9.88. The minimum absolute atomic E-state index is 0.0302. The second kappa shape index (κ2) is 5.61. The number of hydrogen-bond acceptors (Lipinski definition) is 6. The number of carboxylic acids is 1. The van der Waals surface area contributed by atoms with Gasteiger partial charge in [-0.1, -0.05) is 0 Å². The number of aromatic nitrogens is 1. The van der Waals surface area contributed by atoms with Gasteiger partial charge in [-0.25, -0.2) is 9.18 Å². The number of anilines is 1. The molecule has 19 heavy (non-hydrogen) atoms. The summed E-state index contributed by atoms with van der Waals surface area (Å²) >= 11 is 0. The van der Waals surface area contributed by atoms with Gasteiger partial charge in [-0.3, -0.25) is 9.98 Å². The van der Waals surface area contributed by atoms with Crippen LogP contribution in [-0.2, 0) is 0 Å². The first-order valence-electron chi connectivity index (χ1n) is 5.62. The van der Waals surface area contributed by atoms with E-state index in [-0.39, 0.29) is 24.6 Å². The van der Waals surface area contributed by atoms with Crippen molar-refractivity contribution >= 4 is 17.6 Å². The fraction of sp³-hybridized carbons (Fsp3) is 0.364. The maximum atomic E-state index is 13.2. The Bertz CT molecular complexity index is 508. The molecular weight excluding hydrogens is 255 g/mol. The highest BCUT2D eigenvalue weighted by molar-refractivity contribution is 5.95. The van der Waals surface area contributed by atoms with Gasteiger partial charge < -0.3 is 20.8 Å². The van der Waals surface area contributed by atoms with Crippen LogP contribution in [0.4, 0.5) is 10.1 Å². The van der Waals surface area contributed by atoms with Crippen LogP contribution in [0.5, 0.6) is 0 Å². The van der Waals surface area contributed by atoms with Gasteiger partial charge in [0.1, 0.15) is 12.3 Å². The molecule has 2 heterocycles. The van der Waals surface area contributed by atoms with Crippen LogP contribution in [0.25, 0.3) is 0 Å². The number of aliphatic imine (C=N–C) groups is 1. The van der Waals surface area contributed by atoms with Crippen molar-refractivity contribution in [3.63, 3.8) is 0 Å². The Morgan fingerprint density at radius 1 is 1.53 bits per heavy atom. The van der Waals surface area contributed by atoms with Crippen molar-refractivity contribution in [3.8, 4) is 0 Å². The number of alkyl halides is 1. The third-order valence-corrected chi connectivity index (χ3v) is 2.57. The quantitative estimate of drug-likeness (QED) is 0.594. The molecule has 2 rings (SSSR count). The molecule has 2 atom stereocenters. The van der Waals surface area contributed by atoms with Crippen molar-refractivity contribution in [1.82, 2.24) is 10.3 Å². The molecule has 0 bridgehead atoms. The molecule has 4 N–H and O–H groups in total. The Hall–Kier alpha value is -2.22. The number of nitrogens with zero attached hydrogens (tertiary/aromatic N) is 2. The first kappa shape index (κ1) is 13.2. The van der Waals surface area contributed by atoms with E-state index >= 15 is 0 Å². The van der Waals surface area contributed by atoms with E-state index in [1.54, 1.807) is 0 Å². The standard InChI is InChI=1S/C11H13FN4O3/c12-8-4-14-11(15-5-9(8)17)16-7-1-6(10(18)19)2-13-3-7/h1-3,8-9,17H,4-5H2,(H,18,19)(H2,14,15,16)/t8-,9-/m1/s1. The maximum Gasteiger partial charge on any atom is 0.337 e. The van der Waals surface area contributed by atoms with Gasteiger partial charge in [0.15, 0.2) is 5.96 Å². The summed E-state index contributed by atoms with van der Waals surface area (Å²) in [5.74, 6) is -0.824. The Labute approximate surface area is 108 Å². The number of aliphatic hydroxyl groups excluding tert-OH is 1. The number of hydrogen-bond donors (Lipinski definition) is 4. The van der Waals surface area contributed by atoms with Gasteiger partial charge in [0.25, 0.3) is 0 Å². The average Bonchev–Trinajstić information content (AvgIpc) is 2.55. The maximum absolute atomic E-state index is 13.2. The number of rotatable bonds is 2. The van der Waals surface area contributed by atoms with E-state index in [0.717, 1.165) is 0 Å². The zero-order chi connectivity index (χ0) is 13.8. The molecule has 1 aliphatic heterocycles. The minimum atomic E-state index is -1.40. The predicted octanol–water partition coefficient (Wildman–Crippen LogP) is -0.150. The molecule has 102 valence electrons. The molecule has 0 aliphatic carbocycles. The molecule has 0 fully saturated rings. The van der Waals surface area contributed by atoms with Crippen molar-refractivity contribution in [2.75, 3.05) is 18.4 Å². The normalized spacial score (nSPS) is 22.9. The molecule has 7 nitrogen and oxygen atoms in total. The summed E-state index contributed by atoms with van der Waals surface area (Å²) < 4.78 is 13.2. The highest BCUT2D eigenvalue weighted by Crippen LogP contribution is 2.09. The van der Waals surface area contributed by atoms with Crippen LogP contribution in [0, 0.1) is 0 Å². The molecule has 0 aromatic carbocycles. The lowest BCUT2D eigenvalue weighted by atomic mass is 10.2. The van der Waals surface area contributed by atoms with Crippen LogP contribution in [-0.4, -0.2) is 52.5 Å². The monoisotopic (exact) mass is 268 g/mol. The highest BCUT2D eigenvalue weighted by atomic mass is 19.1. The number of carbonyl (C=O) groups is 1. The zero-order valence-corrected chi connectivity index (χ0v) is 9.88. The summed E-state index contributed by atoms with van der Waals surface area (Å²) in [6.07, 6.45) is 0.101. The van der Waals surface area contributed by atoms with E-state index in [4.69, 9.17) is 5.11 Å². The number of guanidine groups is 1. The molecule has 0 saturated carbocycles. The van der Waals surface area contributed by atoms with Gasteiger partial charge in [0.2, 0.25) is 0 Å².